The molecule has 1 aromatic heterocycles. The van der Waals surface area contributed by atoms with Crippen LogP contribution in [0.25, 0.3) is 11.0 Å². The van der Waals surface area contributed by atoms with Gasteiger partial charge in [0.15, 0.2) is 0 Å². The fourth-order valence-corrected chi connectivity index (χ4v) is 2.22. The number of nitrogens with zero attached hydrogens (tertiary/aromatic N) is 4. The SMILES string of the molecule is O=[N+]([O-])c1c(N2CCCC2)ccc2nonc12. The van der Waals surface area contributed by atoms with E-state index in [1.54, 1.807) is 12.1 Å². The minimum atomic E-state index is -0.416. The second kappa shape index (κ2) is 3.69. The van der Waals surface area contributed by atoms with E-state index in [0.717, 1.165) is 25.9 Å². The zero-order valence-electron chi connectivity index (χ0n) is 9.00. The quantitative estimate of drug-likeness (QED) is 0.581. The van der Waals surface area contributed by atoms with E-state index in [-0.39, 0.29) is 11.2 Å². The van der Waals surface area contributed by atoms with Gasteiger partial charge in [0.25, 0.3) is 0 Å². The molecule has 3 rings (SSSR count). The van der Waals surface area contributed by atoms with Crippen molar-refractivity contribution in [1.29, 1.82) is 0 Å². The number of hydrogen-bond donors (Lipinski definition) is 0. The summed E-state index contributed by atoms with van der Waals surface area (Å²) in [7, 11) is 0. The molecule has 0 atom stereocenters. The molecule has 1 aliphatic heterocycles. The van der Waals surface area contributed by atoms with Gasteiger partial charge in [0.1, 0.15) is 11.2 Å². The maximum Gasteiger partial charge on any atom is 0.323 e. The van der Waals surface area contributed by atoms with Gasteiger partial charge in [-0.3, -0.25) is 10.1 Å². The Kier molecular flexibility index (Phi) is 2.17. The standard InChI is InChI=1S/C10H10N4O3/c15-14(16)10-8(13-5-1-2-6-13)4-3-7-9(10)12-17-11-7/h3-4H,1-2,5-6H2. The zero-order chi connectivity index (χ0) is 11.8. The molecule has 0 saturated carbocycles. The fraction of sp³-hybridized carbons (Fsp3) is 0.400. The molecular formula is C10H10N4O3. The van der Waals surface area contributed by atoms with E-state index >= 15 is 0 Å². The van der Waals surface area contributed by atoms with Gasteiger partial charge in [0, 0.05) is 13.1 Å². The lowest BCUT2D eigenvalue weighted by Gasteiger charge is -2.16. The Labute approximate surface area is 96.1 Å². The maximum absolute atomic E-state index is 11.2. The number of aromatic nitrogens is 2. The summed E-state index contributed by atoms with van der Waals surface area (Å²) in [6.07, 6.45) is 2.12. The van der Waals surface area contributed by atoms with Crippen LogP contribution in [0.15, 0.2) is 16.8 Å². The van der Waals surface area contributed by atoms with Crippen molar-refractivity contribution in [3.63, 3.8) is 0 Å². The first-order valence-corrected chi connectivity index (χ1v) is 5.42. The number of nitro groups is 1. The van der Waals surface area contributed by atoms with Crippen LogP contribution >= 0.6 is 0 Å². The molecule has 0 aliphatic carbocycles. The van der Waals surface area contributed by atoms with Gasteiger partial charge in [-0.05, 0) is 35.3 Å². The Morgan fingerprint density at radius 3 is 2.76 bits per heavy atom. The molecule has 0 unspecified atom stereocenters. The lowest BCUT2D eigenvalue weighted by molar-refractivity contribution is -0.382. The normalized spacial score (nSPS) is 15.6. The average Bonchev–Trinajstić information content (AvgIpc) is 2.98. The number of anilines is 1. The van der Waals surface area contributed by atoms with Crippen LogP contribution in [0, 0.1) is 10.1 Å². The molecule has 0 amide bonds. The van der Waals surface area contributed by atoms with E-state index in [1.807, 2.05) is 4.90 Å². The predicted molar refractivity (Wildman–Crippen MR) is 59.9 cm³/mol. The van der Waals surface area contributed by atoms with E-state index in [2.05, 4.69) is 14.9 Å². The van der Waals surface area contributed by atoms with Gasteiger partial charge in [-0.1, -0.05) is 0 Å². The molecule has 0 radical (unpaired) electrons. The van der Waals surface area contributed by atoms with Crippen LogP contribution in [0.3, 0.4) is 0 Å². The Morgan fingerprint density at radius 1 is 1.29 bits per heavy atom. The minimum absolute atomic E-state index is 0.00866. The van der Waals surface area contributed by atoms with E-state index in [9.17, 15) is 10.1 Å². The van der Waals surface area contributed by atoms with Crippen molar-refractivity contribution in [2.45, 2.75) is 12.8 Å². The molecule has 1 aliphatic rings. The molecule has 1 aromatic carbocycles. The first-order valence-electron chi connectivity index (χ1n) is 5.42. The van der Waals surface area contributed by atoms with Gasteiger partial charge in [-0.15, -0.1) is 0 Å². The maximum atomic E-state index is 11.2. The Balaban J connectivity index is 2.22. The monoisotopic (exact) mass is 234 g/mol. The lowest BCUT2D eigenvalue weighted by atomic mass is 10.2. The number of benzene rings is 1. The first kappa shape index (κ1) is 10.0. The highest BCUT2D eigenvalue weighted by Gasteiger charge is 2.27. The third-order valence-corrected chi connectivity index (χ3v) is 3.01. The van der Waals surface area contributed by atoms with Crippen LogP contribution < -0.4 is 4.90 Å². The fourth-order valence-electron chi connectivity index (χ4n) is 2.22. The van der Waals surface area contributed by atoms with Crippen LogP contribution in [0.4, 0.5) is 11.4 Å². The number of rotatable bonds is 2. The molecule has 0 bridgehead atoms. The summed E-state index contributed by atoms with van der Waals surface area (Å²) in [6, 6.07) is 3.42. The van der Waals surface area contributed by atoms with Crippen molar-refractivity contribution in [1.82, 2.24) is 10.3 Å². The van der Waals surface area contributed by atoms with Crippen LogP contribution in [0.2, 0.25) is 0 Å². The molecular weight excluding hydrogens is 224 g/mol. The molecule has 1 saturated heterocycles. The number of nitro benzene ring substituents is 1. The highest BCUT2D eigenvalue weighted by molar-refractivity contribution is 5.91. The molecule has 2 aromatic rings. The van der Waals surface area contributed by atoms with Gasteiger partial charge < -0.3 is 4.90 Å². The summed E-state index contributed by atoms with van der Waals surface area (Å²) in [5.41, 5.74) is 1.24. The molecule has 0 N–H and O–H groups in total. The smallest absolute Gasteiger partial charge is 0.323 e. The molecule has 2 heterocycles. The summed E-state index contributed by atoms with van der Waals surface area (Å²) in [5, 5.41) is 18.4. The molecule has 17 heavy (non-hydrogen) atoms. The summed E-state index contributed by atoms with van der Waals surface area (Å²) in [5.74, 6) is 0. The van der Waals surface area contributed by atoms with Gasteiger partial charge in [-0.2, -0.15) is 0 Å². The Bertz CT molecular complexity index is 574. The van der Waals surface area contributed by atoms with Gasteiger partial charge in [0.2, 0.25) is 5.52 Å². The van der Waals surface area contributed by atoms with Crippen LogP contribution in [0.5, 0.6) is 0 Å². The van der Waals surface area contributed by atoms with Gasteiger partial charge in [-0.25, -0.2) is 4.63 Å². The molecule has 88 valence electrons. The minimum Gasteiger partial charge on any atom is -0.366 e. The summed E-state index contributed by atoms with van der Waals surface area (Å²) in [4.78, 5) is 12.7. The summed E-state index contributed by atoms with van der Waals surface area (Å²) >= 11 is 0. The van der Waals surface area contributed by atoms with Crippen LogP contribution in [-0.2, 0) is 0 Å². The predicted octanol–water partition coefficient (Wildman–Crippen LogP) is 1.73. The van der Waals surface area contributed by atoms with Gasteiger partial charge in [0.05, 0.1) is 4.92 Å². The lowest BCUT2D eigenvalue weighted by Crippen LogP contribution is -2.18. The summed E-state index contributed by atoms with van der Waals surface area (Å²) < 4.78 is 4.55. The first-order chi connectivity index (χ1) is 8.27. The van der Waals surface area contributed by atoms with Crippen molar-refractivity contribution < 1.29 is 9.55 Å². The average molecular weight is 234 g/mol. The van der Waals surface area contributed by atoms with Crippen molar-refractivity contribution in [2.24, 2.45) is 0 Å². The van der Waals surface area contributed by atoms with Crippen LogP contribution in [0.1, 0.15) is 12.8 Å². The molecule has 0 spiro atoms. The van der Waals surface area contributed by atoms with E-state index in [0.29, 0.717) is 11.2 Å². The van der Waals surface area contributed by atoms with Crippen molar-refractivity contribution in [3.8, 4) is 0 Å². The van der Waals surface area contributed by atoms with Crippen molar-refractivity contribution in [2.75, 3.05) is 18.0 Å². The topological polar surface area (TPSA) is 85.3 Å². The second-order valence-corrected chi connectivity index (χ2v) is 4.02. The Hall–Kier alpha value is -2.18. The van der Waals surface area contributed by atoms with E-state index in [4.69, 9.17) is 0 Å². The second-order valence-electron chi connectivity index (χ2n) is 4.02. The number of fused-ring (bicyclic) bond motifs is 1. The molecule has 1 fully saturated rings. The van der Waals surface area contributed by atoms with Gasteiger partial charge >= 0.3 is 5.69 Å². The van der Waals surface area contributed by atoms with E-state index in [1.165, 1.54) is 0 Å². The largest absolute Gasteiger partial charge is 0.366 e. The summed E-state index contributed by atoms with van der Waals surface area (Å²) in [6.45, 7) is 1.69. The molecule has 7 heteroatoms. The third kappa shape index (κ3) is 1.50. The van der Waals surface area contributed by atoms with E-state index < -0.39 is 4.92 Å². The Morgan fingerprint density at radius 2 is 2.06 bits per heavy atom. The van der Waals surface area contributed by atoms with Crippen LogP contribution in [-0.4, -0.2) is 28.3 Å². The highest BCUT2D eigenvalue weighted by Crippen LogP contribution is 2.35. The third-order valence-electron chi connectivity index (χ3n) is 3.01. The van der Waals surface area contributed by atoms with Crippen molar-refractivity contribution >= 4 is 22.4 Å². The highest BCUT2D eigenvalue weighted by atomic mass is 16.6. The zero-order valence-corrected chi connectivity index (χ0v) is 9.00. The molecule has 7 nitrogen and oxygen atoms in total. The van der Waals surface area contributed by atoms with Crippen molar-refractivity contribution in [3.05, 3.63) is 22.2 Å². The number of hydrogen-bond acceptors (Lipinski definition) is 6.